The Morgan fingerprint density at radius 2 is 2.17 bits per heavy atom. The molecule has 23 heavy (non-hydrogen) atoms. The average molecular weight is 337 g/mol. The maximum atomic E-state index is 14.3. The summed E-state index contributed by atoms with van der Waals surface area (Å²) in [6, 6.07) is 1.57. The molecule has 1 atom stereocenters. The normalized spacial score (nSPS) is 27.3. The standard InChI is InChI=1S/C15H14ClFN4O2/c16-11-5-8-12(13(17)21-11)23-10-1-2-14(18,19)6-9(10)15(8)3-4-22-7-20-15/h1-2,5,7H,3-4,6,18-19H2/t15-/m1/s1. The van der Waals surface area contributed by atoms with E-state index in [2.05, 4.69) is 9.98 Å². The molecule has 2 aliphatic heterocycles. The Morgan fingerprint density at radius 3 is 2.91 bits per heavy atom. The van der Waals surface area contributed by atoms with Crippen LogP contribution in [0.5, 0.6) is 5.75 Å². The number of ether oxygens (including phenoxy) is 2. The monoisotopic (exact) mass is 336 g/mol. The van der Waals surface area contributed by atoms with Crippen molar-refractivity contribution in [2.45, 2.75) is 24.0 Å². The van der Waals surface area contributed by atoms with Gasteiger partial charge in [0.2, 0.25) is 0 Å². The van der Waals surface area contributed by atoms with Crippen molar-refractivity contribution >= 4 is 18.0 Å². The molecule has 0 bridgehead atoms. The first kappa shape index (κ1) is 14.6. The molecule has 1 spiro atoms. The fourth-order valence-corrected chi connectivity index (χ4v) is 3.45. The third-order valence-corrected chi connectivity index (χ3v) is 4.51. The second kappa shape index (κ2) is 4.77. The molecule has 3 aliphatic rings. The van der Waals surface area contributed by atoms with E-state index in [4.69, 9.17) is 32.5 Å². The molecule has 4 rings (SSSR count). The van der Waals surface area contributed by atoms with Gasteiger partial charge in [0.25, 0.3) is 5.95 Å². The van der Waals surface area contributed by atoms with Gasteiger partial charge in [0, 0.05) is 24.0 Å². The van der Waals surface area contributed by atoms with E-state index >= 15 is 0 Å². The highest BCUT2D eigenvalue weighted by Crippen LogP contribution is 2.52. The number of aromatic nitrogens is 1. The molecule has 0 fully saturated rings. The van der Waals surface area contributed by atoms with Gasteiger partial charge < -0.3 is 20.9 Å². The molecule has 0 aromatic carbocycles. The van der Waals surface area contributed by atoms with Gasteiger partial charge in [0.15, 0.2) is 12.2 Å². The largest absolute Gasteiger partial charge is 0.483 e. The van der Waals surface area contributed by atoms with E-state index in [1.807, 2.05) is 0 Å². The van der Waals surface area contributed by atoms with Gasteiger partial charge in [0.05, 0.1) is 12.3 Å². The molecule has 1 aromatic heterocycles. The smallest absolute Gasteiger partial charge is 0.257 e. The van der Waals surface area contributed by atoms with Crippen LogP contribution in [-0.2, 0) is 10.3 Å². The zero-order valence-electron chi connectivity index (χ0n) is 12.1. The topological polar surface area (TPSA) is 95.8 Å². The van der Waals surface area contributed by atoms with E-state index in [9.17, 15) is 4.39 Å². The summed E-state index contributed by atoms with van der Waals surface area (Å²) < 4.78 is 25.2. The third kappa shape index (κ3) is 2.15. The van der Waals surface area contributed by atoms with E-state index in [-0.39, 0.29) is 10.9 Å². The molecule has 0 unspecified atom stereocenters. The lowest BCUT2D eigenvalue weighted by Crippen LogP contribution is -2.52. The fourth-order valence-electron chi connectivity index (χ4n) is 3.26. The zero-order valence-corrected chi connectivity index (χ0v) is 12.8. The highest BCUT2D eigenvalue weighted by Gasteiger charge is 2.48. The zero-order chi connectivity index (χ0) is 16.2. The van der Waals surface area contributed by atoms with Crippen LogP contribution in [0.1, 0.15) is 18.4 Å². The molecule has 0 amide bonds. The van der Waals surface area contributed by atoms with E-state index in [1.54, 1.807) is 18.2 Å². The summed E-state index contributed by atoms with van der Waals surface area (Å²) in [5.41, 5.74) is 11.5. The van der Waals surface area contributed by atoms with Crippen LogP contribution >= 0.6 is 11.6 Å². The first-order valence-corrected chi connectivity index (χ1v) is 7.49. The van der Waals surface area contributed by atoms with Crippen molar-refractivity contribution < 1.29 is 13.9 Å². The summed E-state index contributed by atoms with van der Waals surface area (Å²) >= 11 is 5.95. The van der Waals surface area contributed by atoms with Gasteiger partial charge in [-0.25, -0.2) is 9.98 Å². The van der Waals surface area contributed by atoms with Gasteiger partial charge in [-0.2, -0.15) is 4.39 Å². The molecule has 4 N–H and O–H groups in total. The summed E-state index contributed by atoms with van der Waals surface area (Å²) in [5, 5.41) is 0.0353. The van der Waals surface area contributed by atoms with Gasteiger partial charge in [-0.15, -0.1) is 0 Å². The second-order valence-corrected chi connectivity index (χ2v) is 6.28. The van der Waals surface area contributed by atoms with Crippen LogP contribution in [0.3, 0.4) is 0 Å². The summed E-state index contributed by atoms with van der Waals surface area (Å²) in [4.78, 5) is 8.14. The number of nitrogens with zero attached hydrogens (tertiary/aromatic N) is 2. The lowest BCUT2D eigenvalue weighted by molar-refractivity contribution is 0.218. The van der Waals surface area contributed by atoms with E-state index < -0.39 is 17.1 Å². The molecular formula is C15H14ClFN4O2. The summed E-state index contributed by atoms with van der Waals surface area (Å²) in [7, 11) is 0. The van der Waals surface area contributed by atoms with Crippen LogP contribution in [0.4, 0.5) is 4.39 Å². The number of pyridine rings is 1. The number of fused-ring (bicyclic) bond motifs is 3. The summed E-state index contributed by atoms with van der Waals surface area (Å²) in [5.74, 6) is -0.254. The van der Waals surface area contributed by atoms with Gasteiger partial charge in [0.1, 0.15) is 16.5 Å². The SMILES string of the molecule is NC1(N)C=CC2=C(C1)[C@@]1(CCOC=N1)c1cc(Cl)nc(F)c1O2. The van der Waals surface area contributed by atoms with Crippen molar-refractivity contribution in [1.82, 2.24) is 4.98 Å². The molecule has 3 heterocycles. The number of hydrogen-bond acceptors (Lipinski definition) is 6. The maximum Gasteiger partial charge on any atom is 0.257 e. The number of nitrogens with two attached hydrogens (primary N) is 2. The lowest BCUT2D eigenvalue weighted by Gasteiger charge is -2.43. The van der Waals surface area contributed by atoms with Crippen molar-refractivity contribution in [3.8, 4) is 5.75 Å². The summed E-state index contributed by atoms with van der Waals surface area (Å²) in [6.45, 7) is 0.424. The predicted octanol–water partition coefficient (Wildman–Crippen LogP) is 1.74. The average Bonchev–Trinajstić information content (AvgIpc) is 2.50. The Bertz CT molecular complexity index is 790. The Labute approximate surface area is 136 Å². The van der Waals surface area contributed by atoms with Crippen molar-refractivity contribution in [1.29, 1.82) is 0 Å². The number of halogens is 2. The van der Waals surface area contributed by atoms with Crippen molar-refractivity contribution in [2.24, 2.45) is 16.5 Å². The van der Waals surface area contributed by atoms with Gasteiger partial charge in [-0.05, 0) is 18.2 Å². The molecule has 0 radical (unpaired) electrons. The van der Waals surface area contributed by atoms with E-state index in [0.29, 0.717) is 30.8 Å². The highest BCUT2D eigenvalue weighted by atomic mass is 35.5. The van der Waals surface area contributed by atoms with Gasteiger partial charge in [-0.1, -0.05) is 11.6 Å². The van der Waals surface area contributed by atoms with Crippen molar-refractivity contribution in [3.05, 3.63) is 46.2 Å². The van der Waals surface area contributed by atoms with Crippen LogP contribution in [0.25, 0.3) is 0 Å². The minimum atomic E-state index is -1.02. The van der Waals surface area contributed by atoms with Crippen LogP contribution in [-0.4, -0.2) is 23.7 Å². The molecular weight excluding hydrogens is 323 g/mol. The quantitative estimate of drug-likeness (QED) is 0.555. The summed E-state index contributed by atoms with van der Waals surface area (Å²) in [6.07, 6.45) is 5.49. The lowest BCUT2D eigenvalue weighted by atomic mass is 9.73. The third-order valence-electron chi connectivity index (χ3n) is 4.31. The fraction of sp³-hybridized carbons (Fsp3) is 0.333. The molecule has 0 saturated carbocycles. The van der Waals surface area contributed by atoms with E-state index in [1.165, 1.54) is 6.40 Å². The molecule has 0 saturated heterocycles. The predicted molar refractivity (Wildman–Crippen MR) is 82.5 cm³/mol. The number of allylic oxidation sites excluding steroid dienone is 1. The second-order valence-electron chi connectivity index (χ2n) is 5.90. The molecule has 1 aliphatic carbocycles. The Morgan fingerprint density at radius 1 is 1.35 bits per heavy atom. The number of aliphatic imine (C=N–C) groups is 1. The Hall–Kier alpha value is -1.96. The highest BCUT2D eigenvalue weighted by molar-refractivity contribution is 6.29. The van der Waals surface area contributed by atoms with E-state index in [0.717, 1.165) is 5.57 Å². The molecule has 8 heteroatoms. The van der Waals surface area contributed by atoms with Crippen LogP contribution in [0.2, 0.25) is 5.15 Å². The number of rotatable bonds is 0. The van der Waals surface area contributed by atoms with Gasteiger partial charge in [-0.3, -0.25) is 0 Å². The van der Waals surface area contributed by atoms with Crippen LogP contribution in [0, 0.1) is 5.95 Å². The van der Waals surface area contributed by atoms with Crippen molar-refractivity contribution in [2.75, 3.05) is 6.61 Å². The van der Waals surface area contributed by atoms with Crippen molar-refractivity contribution in [3.63, 3.8) is 0 Å². The number of hydrogen-bond donors (Lipinski definition) is 2. The minimum Gasteiger partial charge on any atom is -0.483 e. The molecule has 1 aromatic rings. The van der Waals surface area contributed by atoms with Crippen LogP contribution in [0.15, 0.2) is 34.5 Å². The Kier molecular flexibility index (Phi) is 3.03. The first-order chi connectivity index (χ1) is 10.9. The molecule has 120 valence electrons. The maximum absolute atomic E-state index is 14.3. The first-order valence-electron chi connectivity index (χ1n) is 7.12. The molecule has 6 nitrogen and oxygen atoms in total. The minimum absolute atomic E-state index is 0.0263. The van der Waals surface area contributed by atoms with Gasteiger partial charge >= 0.3 is 0 Å². The Balaban J connectivity index is 1.99. The van der Waals surface area contributed by atoms with Crippen LogP contribution < -0.4 is 16.2 Å².